The van der Waals surface area contributed by atoms with Crippen LogP contribution in [0.5, 0.6) is 5.75 Å². The molecule has 5 nitrogen and oxygen atoms in total. The third-order valence-corrected chi connectivity index (χ3v) is 6.25. The predicted octanol–water partition coefficient (Wildman–Crippen LogP) is 4.87. The third-order valence-electron chi connectivity index (χ3n) is 6.25. The van der Waals surface area contributed by atoms with Gasteiger partial charge in [-0.1, -0.05) is 36.2 Å². The number of hydrogen-bond acceptors (Lipinski definition) is 4. The summed E-state index contributed by atoms with van der Waals surface area (Å²) < 4.78 is 5.60. The van der Waals surface area contributed by atoms with Gasteiger partial charge in [0.2, 0.25) is 0 Å². The van der Waals surface area contributed by atoms with Crippen molar-refractivity contribution >= 4 is 11.6 Å². The maximum Gasteiger partial charge on any atom is 0.257 e. The first kappa shape index (κ1) is 21.6. The number of piperidine rings is 1. The molecule has 0 unspecified atom stereocenters. The van der Waals surface area contributed by atoms with Gasteiger partial charge < -0.3 is 4.74 Å². The standard InChI is InChI=1S/C26H33N3O2/c1-4-31-22-12-10-21(11-13-22)25-17-24(23-16-19(2)8-9-20(23)3)27-29(25)26(30)18-28-14-6-5-7-15-28/h8-13,16,25H,4-7,14-15,17-18H2,1-3H3/t25-/m1/s1. The molecule has 2 aromatic carbocycles. The Morgan fingerprint density at radius 3 is 2.52 bits per heavy atom. The maximum atomic E-state index is 13.3. The highest BCUT2D eigenvalue weighted by Crippen LogP contribution is 2.34. The van der Waals surface area contributed by atoms with Gasteiger partial charge in [0.25, 0.3) is 5.91 Å². The Kier molecular flexibility index (Phi) is 6.71. The lowest BCUT2D eigenvalue weighted by Gasteiger charge is -2.29. The summed E-state index contributed by atoms with van der Waals surface area (Å²) in [5.41, 5.74) is 5.63. The summed E-state index contributed by atoms with van der Waals surface area (Å²) in [4.78, 5) is 15.6. The molecule has 0 bridgehead atoms. The lowest BCUT2D eigenvalue weighted by molar-refractivity contribution is -0.134. The molecule has 1 fully saturated rings. The molecule has 0 aromatic heterocycles. The smallest absolute Gasteiger partial charge is 0.257 e. The molecule has 164 valence electrons. The minimum Gasteiger partial charge on any atom is -0.494 e. The highest BCUT2D eigenvalue weighted by molar-refractivity contribution is 6.04. The normalized spacial score (nSPS) is 19.4. The van der Waals surface area contributed by atoms with Gasteiger partial charge in [0.1, 0.15) is 5.75 Å². The molecule has 0 spiro atoms. The number of benzene rings is 2. The van der Waals surface area contributed by atoms with Gasteiger partial charge in [-0.05, 0) is 76.0 Å². The van der Waals surface area contributed by atoms with Crippen LogP contribution in [-0.4, -0.2) is 47.8 Å². The van der Waals surface area contributed by atoms with E-state index in [0.717, 1.165) is 42.1 Å². The van der Waals surface area contributed by atoms with E-state index in [4.69, 9.17) is 9.84 Å². The zero-order valence-corrected chi connectivity index (χ0v) is 18.9. The van der Waals surface area contributed by atoms with Gasteiger partial charge in [-0.25, -0.2) is 5.01 Å². The van der Waals surface area contributed by atoms with Crippen molar-refractivity contribution in [2.24, 2.45) is 5.10 Å². The molecule has 2 aliphatic heterocycles. The number of likely N-dealkylation sites (tertiary alicyclic amines) is 1. The van der Waals surface area contributed by atoms with Gasteiger partial charge >= 0.3 is 0 Å². The second-order valence-electron chi connectivity index (χ2n) is 8.66. The zero-order valence-electron chi connectivity index (χ0n) is 18.9. The molecule has 1 atom stereocenters. The molecule has 2 heterocycles. The molecule has 0 saturated carbocycles. The number of amides is 1. The van der Waals surface area contributed by atoms with Crippen molar-refractivity contribution in [1.29, 1.82) is 0 Å². The first-order valence-corrected chi connectivity index (χ1v) is 11.5. The molecular formula is C26H33N3O2. The van der Waals surface area contributed by atoms with Crippen LogP contribution in [0, 0.1) is 13.8 Å². The second-order valence-corrected chi connectivity index (χ2v) is 8.66. The van der Waals surface area contributed by atoms with Gasteiger partial charge in [-0.3, -0.25) is 9.69 Å². The summed E-state index contributed by atoms with van der Waals surface area (Å²) in [5, 5.41) is 6.62. The molecule has 0 aliphatic carbocycles. The van der Waals surface area contributed by atoms with E-state index in [-0.39, 0.29) is 11.9 Å². The molecule has 0 radical (unpaired) electrons. The largest absolute Gasteiger partial charge is 0.494 e. The second kappa shape index (κ2) is 9.65. The molecule has 31 heavy (non-hydrogen) atoms. The van der Waals surface area contributed by atoms with Gasteiger partial charge in [-0.2, -0.15) is 5.10 Å². The van der Waals surface area contributed by atoms with Crippen molar-refractivity contribution < 1.29 is 9.53 Å². The van der Waals surface area contributed by atoms with Crippen molar-refractivity contribution in [2.75, 3.05) is 26.2 Å². The molecule has 0 N–H and O–H groups in total. The Hall–Kier alpha value is -2.66. The fourth-order valence-corrected chi connectivity index (χ4v) is 4.54. The highest BCUT2D eigenvalue weighted by Gasteiger charge is 2.34. The number of hydrogen-bond donors (Lipinski definition) is 0. The Labute approximate surface area is 185 Å². The molecular weight excluding hydrogens is 386 g/mol. The summed E-state index contributed by atoms with van der Waals surface area (Å²) in [6.07, 6.45) is 4.33. The summed E-state index contributed by atoms with van der Waals surface area (Å²) in [6, 6.07) is 14.5. The average Bonchev–Trinajstić information content (AvgIpc) is 3.22. The topological polar surface area (TPSA) is 45.1 Å². The Morgan fingerprint density at radius 1 is 1.06 bits per heavy atom. The van der Waals surface area contributed by atoms with E-state index >= 15 is 0 Å². The quantitative estimate of drug-likeness (QED) is 0.671. The number of aryl methyl sites for hydroxylation is 2. The number of rotatable bonds is 6. The van der Waals surface area contributed by atoms with Crippen LogP contribution in [0.15, 0.2) is 47.6 Å². The van der Waals surface area contributed by atoms with Crippen molar-refractivity contribution in [3.63, 3.8) is 0 Å². The number of hydrazone groups is 1. The molecule has 2 aromatic rings. The molecule has 2 aliphatic rings. The predicted molar refractivity (Wildman–Crippen MR) is 125 cm³/mol. The lowest BCUT2D eigenvalue weighted by Crippen LogP contribution is -2.40. The first-order chi connectivity index (χ1) is 15.0. The number of carbonyl (C=O) groups is 1. The number of nitrogens with zero attached hydrogens (tertiary/aromatic N) is 3. The van der Waals surface area contributed by atoms with Crippen LogP contribution >= 0.6 is 0 Å². The minimum absolute atomic E-state index is 0.0807. The number of ether oxygens (including phenoxy) is 1. The highest BCUT2D eigenvalue weighted by atomic mass is 16.5. The van der Waals surface area contributed by atoms with Crippen LogP contribution in [0.4, 0.5) is 0 Å². The summed E-state index contributed by atoms with van der Waals surface area (Å²) in [7, 11) is 0. The van der Waals surface area contributed by atoms with E-state index in [0.29, 0.717) is 13.2 Å². The van der Waals surface area contributed by atoms with Crippen LogP contribution in [0.1, 0.15) is 60.9 Å². The van der Waals surface area contributed by atoms with Gasteiger partial charge in [0, 0.05) is 12.0 Å². The van der Waals surface area contributed by atoms with Gasteiger partial charge in [-0.15, -0.1) is 0 Å². The van der Waals surface area contributed by atoms with Gasteiger partial charge in [0.05, 0.1) is 24.9 Å². The first-order valence-electron chi connectivity index (χ1n) is 11.5. The van der Waals surface area contributed by atoms with E-state index in [1.165, 1.54) is 30.4 Å². The Morgan fingerprint density at radius 2 is 1.81 bits per heavy atom. The lowest BCUT2D eigenvalue weighted by atomic mass is 9.95. The molecule has 4 rings (SSSR count). The fourth-order valence-electron chi connectivity index (χ4n) is 4.54. The van der Waals surface area contributed by atoms with E-state index in [1.54, 1.807) is 5.01 Å². The minimum atomic E-state index is -0.0807. The monoisotopic (exact) mass is 419 g/mol. The van der Waals surface area contributed by atoms with Crippen molar-refractivity contribution in [1.82, 2.24) is 9.91 Å². The van der Waals surface area contributed by atoms with Crippen LogP contribution in [0.2, 0.25) is 0 Å². The molecule has 1 amide bonds. The zero-order chi connectivity index (χ0) is 21.8. The summed E-state index contributed by atoms with van der Waals surface area (Å²) >= 11 is 0. The van der Waals surface area contributed by atoms with E-state index in [2.05, 4.69) is 49.1 Å². The molecule has 1 saturated heterocycles. The van der Waals surface area contributed by atoms with Crippen LogP contribution in [0.25, 0.3) is 0 Å². The van der Waals surface area contributed by atoms with E-state index in [9.17, 15) is 4.79 Å². The van der Waals surface area contributed by atoms with Crippen molar-refractivity contribution in [2.45, 2.75) is 52.5 Å². The van der Waals surface area contributed by atoms with E-state index < -0.39 is 0 Å². The summed E-state index contributed by atoms with van der Waals surface area (Å²) in [5.74, 6) is 0.937. The summed E-state index contributed by atoms with van der Waals surface area (Å²) in [6.45, 7) is 9.28. The third kappa shape index (κ3) is 4.99. The van der Waals surface area contributed by atoms with Crippen molar-refractivity contribution in [3.8, 4) is 5.75 Å². The van der Waals surface area contributed by atoms with Crippen LogP contribution in [-0.2, 0) is 4.79 Å². The van der Waals surface area contributed by atoms with Crippen LogP contribution in [0.3, 0.4) is 0 Å². The van der Waals surface area contributed by atoms with E-state index in [1.807, 2.05) is 19.1 Å². The number of carbonyl (C=O) groups excluding carboxylic acids is 1. The Balaban J connectivity index is 1.62. The average molecular weight is 420 g/mol. The van der Waals surface area contributed by atoms with Crippen molar-refractivity contribution in [3.05, 3.63) is 64.7 Å². The fraction of sp³-hybridized carbons (Fsp3) is 0.462. The van der Waals surface area contributed by atoms with Crippen LogP contribution < -0.4 is 4.74 Å². The van der Waals surface area contributed by atoms with Gasteiger partial charge in [0.15, 0.2) is 0 Å². The maximum absolute atomic E-state index is 13.3. The molecule has 5 heteroatoms. The SMILES string of the molecule is CCOc1ccc([C@H]2CC(c3cc(C)ccc3C)=NN2C(=O)CN2CCCCC2)cc1. The Bertz CT molecular complexity index is 946.